The lowest BCUT2D eigenvalue weighted by Crippen LogP contribution is -2.04. The molecule has 21 heavy (non-hydrogen) atoms. The Morgan fingerprint density at radius 2 is 2.00 bits per heavy atom. The lowest BCUT2D eigenvalue weighted by atomic mass is 10.2. The third-order valence-electron chi connectivity index (χ3n) is 2.83. The van der Waals surface area contributed by atoms with Crippen LogP contribution in [0.1, 0.15) is 6.92 Å². The van der Waals surface area contributed by atoms with Crippen LogP contribution in [0.3, 0.4) is 0 Å². The van der Waals surface area contributed by atoms with Crippen LogP contribution < -0.4 is 0 Å². The predicted molar refractivity (Wildman–Crippen MR) is 79.7 cm³/mol. The van der Waals surface area contributed by atoms with Crippen molar-refractivity contribution in [2.24, 2.45) is 0 Å². The molecule has 2 rings (SSSR count). The fourth-order valence-electron chi connectivity index (χ4n) is 1.85. The summed E-state index contributed by atoms with van der Waals surface area (Å²) in [5, 5.41) is 17.8. The number of rotatable bonds is 8. The van der Waals surface area contributed by atoms with Gasteiger partial charge in [-0.25, -0.2) is 4.39 Å². The van der Waals surface area contributed by atoms with Crippen molar-refractivity contribution in [2.45, 2.75) is 18.6 Å². The van der Waals surface area contributed by atoms with Crippen LogP contribution in [0.2, 0.25) is 0 Å². The minimum Gasteiger partial charge on any atom is -0.394 e. The average Bonchev–Trinajstić information content (AvgIpc) is 2.90. The van der Waals surface area contributed by atoms with Crippen molar-refractivity contribution in [3.05, 3.63) is 30.1 Å². The van der Waals surface area contributed by atoms with E-state index in [1.807, 2.05) is 11.5 Å². The molecular formula is C14H18FN3O2S. The highest BCUT2D eigenvalue weighted by molar-refractivity contribution is 7.99. The molecule has 1 heterocycles. The van der Waals surface area contributed by atoms with Gasteiger partial charge in [0.1, 0.15) is 5.82 Å². The molecule has 0 atom stereocenters. The van der Waals surface area contributed by atoms with Crippen LogP contribution >= 0.6 is 11.8 Å². The fourth-order valence-corrected chi connectivity index (χ4v) is 2.71. The van der Waals surface area contributed by atoms with E-state index in [1.54, 1.807) is 23.9 Å². The maximum Gasteiger partial charge on any atom is 0.191 e. The SMILES string of the molecule is CCn1c(SCCOCCO)nnc1-c1ccc(F)cc1. The average molecular weight is 311 g/mol. The van der Waals surface area contributed by atoms with Crippen LogP contribution in [0.15, 0.2) is 29.4 Å². The summed E-state index contributed by atoms with van der Waals surface area (Å²) in [6.45, 7) is 3.68. The van der Waals surface area contributed by atoms with E-state index in [9.17, 15) is 4.39 Å². The quantitative estimate of drug-likeness (QED) is 0.598. The number of thioether (sulfide) groups is 1. The maximum atomic E-state index is 13.0. The molecule has 7 heteroatoms. The highest BCUT2D eigenvalue weighted by Gasteiger charge is 2.12. The van der Waals surface area contributed by atoms with Crippen LogP contribution in [-0.4, -0.2) is 45.4 Å². The van der Waals surface area contributed by atoms with Crippen LogP contribution in [-0.2, 0) is 11.3 Å². The van der Waals surface area contributed by atoms with Gasteiger partial charge in [0.2, 0.25) is 0 Å². The van der Waals surface area contributed by atoms with Crippen molar-refractivity contribution in [2.75, 3.05) is 25.6 Å². The summed E-state index contributed by atoms with van der Waals surface area (Å²) < 4.78 is 20.2. The second-order valence-corrected chi connectivity index (χ2v) is 5.30. The molecule has 1 aromatic heterocycles. The van der Waals surface area contributed by atoms with E-state index in [-0.39, 0.29) is 12.4 Å². The third-order valence-corrected chi connectivity index (χ3v) is 3.76. The molecule has 0 fully saturated rings. The molecule has 0 amide bonds. The van der Waals surface area contributed by atoms with Crippen molar-refractivity contribution in [1.29, 1.82) is 0 Å². The number of hydrogen-bond donors (Lipinski definition) is 1. The molecule has 0 unspecified atom stereocenters. The number of aliphatic hydroxyl groups is 1. The van der Waals surface area contributed by atoms with E-state index in [1.165, 1.54) is 12.1 Å². The number of hydrogen-bond acceptors (Lipinski definition) is 5. The highest BCUT2D eigenvalue weighted by atomic mass is 32.2. The van der Waals surface area contributed by atoms with Gasteiger partial charge >= 0.3 is 0 Å². The molecule has 0 bridgehead atoms. The zero-order chi connectivity index (χ0) is 15.1. The van der Waals surface area contributed by atoms with E-state index in [4.69, 9.17) is 9.84 Å². The molecule has 1 aromatic carbocycles. The van der Waals surface area contributed by atoms with E-state index >= 15 is 0 Å². The lowest BCUT2D eigenvalue weighted by Gasteiger charge is -2.07. The molecule has 0 saturated heterocycles. The maximum absolute atomic E-state index is 13.0. The number of nitrogens with zero attached hydrogens (tertiary/aromatic N) is 3. The Labute approximate surface area is 127 Å². The monoisotopic (exact) mass is 311 g/mol. The van der Waals surface area contributed by atoms with Crippen LogP contribution in [0, 0.1) is 5.82 Å². The van der Waals surface area contributed by atoms with Gasteiger partial charge in [0.15, 0.2) is 11.0 Å². The van der Waals surface area contributed by atoms with Gasteiger partial charge in [0.05, 0.1) is 19.8 Å². The molecule has 114 valence electrons. The molecule has 0 aliphatic carbocycles. The van der Waals surface area contributed by atoms with Crippen LogP contribution in [0.25, 0.3) is 11.4 Å². The Morgan fingerprint density at radius 1 is 1.24 bits per heavy atom. The summed E-state index contributed by atoms with van der Waals surface area (Å²) in [7, 11) is 0. The summed E-state index contributed by atoms with van der Waals surface area (Å²) in [6.07, 6.45) is 0. The van der Waals surface area contributed by atoms with Gasteiger partial charge in [0, 0.05) is 17.9 Å². The zero-order valence-electron chi connectivity index (χ0n) is 11.8. The first kappa shape index (κ1) is 15.9. The second-order valence-electron chi connectivity index (χ2n) is 4.24. The standard InChI is InChI=1S/C14H18FN3O2S/c1-2-18-13(11-3-5-12(15)6-4-11)16-17-14(18)21-10-9-20-8-7-19/h3-6,19H,2,7-10H2,1H3. The van der Waals surface area contributed by atoms with Crippen molar-refractivity contribution < 1.29 is 14.2 Å². The van der Waals surface area contributed by atoms with Gasteiger partial charge in [-0.3, -0.25) is 0 Å². The van der Waals surface area contributed by atoms with Crippen molar-refractivity contribution in [3.8, 4) is 11.4 Å². The molecular weight excluding hydrogens is 293 g/mol. The Morgan fingerprint density at radius 3 is 2.67 bits per heavy atom. The Kier molecular flexibility index (Phi) is 6.16. The Balaban J connectivity index is 2.05. The van der Waals surface area contributed by atoms with E-state index in [2.05, 4.69) is 10.2 Å². The molecule has 2 aromatic rings. The molecule has 0 radical (unpaired) electrons. The summed E-state index contributed by atoms with van der Waals surface area (Å²) in [6, 6.07) is 6.23. The van der Waals surface area contributed by atoms with Gasteiger partial charge < -0.3 is 14.4 Å². The Bertz CT molecular complexity index is 560. The first-order valence-corrected chi connectivity index (χ1v) is 7.75. The van der Waals surface area contributed by atoms with Gasteiger partial charge in [-0.1, -0.05) is 11.8 Å². The molecule has 1 N–H and O–H groups in total. The largest absolute Gasteiger partial charge is 0.394 e. The summed E-state index contributed by atoms with van der Waals surface area (Å²) in [5.74, 6) is 1.20. The molecule has 0 spiro atoms. The van der Waals surface area contributed by atoms with E-state index in [0.29, 0.717) is 13.2 Å². The Hall–Kier alpha value is -1.44. The topological polar surface area (TPSA) is 60.2 Å². The number of aromatic nitrogens is 3. The number of halogens is 1. The normalized spacial score (nSPS) is 11.0. The van der Waals surface area contributed by atoms with Crippen molar-refractivity contribution in [3.63, 3.8) is 0 Å². The number of aliphatic hydroxyl groups excluding tert-OH is 1. The fraction of sp³-hybridized carbons (Fsp3) is 0.429. The van der Waals surface area contributed by atoms with E-state index < -0.39 is 0 Å². The van der Waals surface area contributed by atoms with Crippen molar-refractivity contribution >= 4 is 11.8 Å². The molecule has 0 aliphatic rings. The predicted octanol–water partition coefficient (Wildman–Crippen LogP) is 2.21. The third kappa shape index (κ3) is 4.26. The second kappa shape index (κ2) is 8.11. The van der Waals surface area contributed by atoms with Crippen LogP contribution in [0.4, 0.5) is 4.39 Å². The first-order valence-electron chi connectivity index (χ1n) is 6.76. The summed E-state index contributed by atoms with van der Waals surface area (Å²) in [4.78, 5) is 0. The summed E-state index contributed by atoms with van der Waals surface area (Å²) >= 11 is 1.55. The molecule has 0 saturated carbocycles. The minimum atomic E-state index is -0.267. The van der Waals surface area contributed by atoms with Gasteiger partial charge in [-0.15, -0.1) is 10.2 Å². The van der Waals surface area contributed by atoms with E-state index in [0.717, 1.165) is 28.8 Å². The minimum absolute atomic E-state index is 0.0323. The van der Waals surface area contributed by atoms with Gasteiger partial charge in [0.25, 0.3) is 0 Å². The van der Waals surface area contributed by atoms with Crippen LogP contribution in [0.5, 0.6) is 0 Å². The van der Waals surface area contributed by atoms with Gasteiger partial charge in [-0.2, -0.15) is 0 Å². The zero-order valence-corrected chi connectivity index (χ0v) is 12.6. The highest BCUT2D eigenvalue weighted by Crippen LogP contribution is 2.23. The lowest BCUT2D eigenvalue weighted by molar-refractivity contribution is 0.103. The molecule has 0 aliphatic heterocycles. The summed E-state index contributed by atoms with van der Waals surface area (Å²) in [5.41, 5.74) is 0.842. The van der Waals surface area contributed by atoms with Crippen molar-refractivity contribution in [1.82, 2.24) is 14.8 Å². The molecule has 5 nitrogen and oxygen atoms in total. The number of ether oxygens (including phenoxy) is 1. The van der Waals surface area contributed by atoms with Gasteiger partial charge in [-0.05, 0) is 31.2 Å². The smallest absolute Gasteiger partial charge is 0.191 e. The first-order chi connectivity index (χ1) is 10.3. The number of benzene rings is 1.